The van der Waals surface area contributed by atoms with Crippen molar-refractivity contribution in [1.82, 2.24) is 15.0 Å². The first-order valence-corrected chi connectivity index (χ1v) is 11.0. The lowest BCUT2D eigenvalue weighted by molar-refractivity contribution is -0.152. The fourth-order valence-electron chi connectivity index (χ4n) is 3.48. The molecule has 168 valence electrons. The van der Waals surface area contributed by atoms with E-state index in [9.17, 15) is 9.59 Å². The number of benzene rings is 1. The third-order valence-electron chi connectivity index (χ3n) is 5.22. The summed E-state index contributed by atoms with van der Waals surface area (Å²) in [4.78, 5) is 30.6. The average molecular weight is 458 g/mol. The molecule has 1 aliphatic heterocycles. The summed E-state index contributed by atoms with van der Waals surface area (Å²) in [6, 6.07) is 5.72. The van der Waals surface area contributed by atoms with E-state index in [2.05, 4.69) is 10.1 Å². The number of esters is 1. The Morgan fingerprint density at radius 3 is 2.69 bits per heavy atom. The highest BCUT2D eigenvalue weighted by molar-refractivity contribution is 7.08. The molecule has 0 atom stereocenters. The van der Waals surface area contributed by atoms with Crippen LogP contribution in [0.5, 0.6) is 11.5 Å². The van der Waals surface area contributed by atoms with E-state index in [0.717, 1.165) is 16.7 Å². The Morgan fingerprint density at radius 1 is 1.19 bits per heavy atom. The molecule has 0 fully saturated rings. The van der Waals surface area contributed by atoms with E-state index in [0.29, 0.717) is 42.7 Å². The molecule has 0 saturated heterocycles. The van der Waals surface area contributed by atoms with E-state index < -0.39 is 5.97 Å². The first-order chi connectivity index (χ1) is 15.6. The molecule has 1 aliphatic rings. The molecule has 3 aromatic rings. The van der Waals surface area contributed by atoms with Crippen molar-refractivity contribution in [3.8, 4) is 22.9 Å². The van der Waals surface area contributed by atoms with Crippen LogP contribution in [0.4, 0.5) is 0 Å². The van der Waals surface area contributed by atoms with Gasteiger partial charge in [-0.25, -0.2) is 0 Å². The van der Waals surface area contributed by atoms with Gasteiger partial charge in [0.2, 0.25) is 11.7 Å². The van der Waals surface area contributed by atoms with Crippen LogP contribution in [0.15, 0.2) is 33.5 Å². The van der Waals surface area contributed by atoms with E-state index in [4.69, 9.17) is 18.7 Å². The molecule has 3 heterocycles. The van der Waals surface area contributed by atoms with E-state index in [1.165, 1.54) is 11.3 Å². The number of carbonyl (C=O) groups is 2. The van der Waals surface area contributed by atoms with Gasteiger partial charge in [0.1, 0.15) is 0 Å². The van der Waals surface area contributed by atoms with E-state index >= 15 is 0 Å². The van der Waals surface area contributed by atoms with Gasteiger partial charge in [0.25, 0.3) is 5.91 Å². The van der Waals surface area contributed by atoms with Gasteiger partial charge in [-0.15, -0.1) is 0 Å². The second kappa shape index (κ2) is 9.82. The third kappa shape index (κ3) is 4.91. The largest absolute Gasteiger partial charge is 0.493 e. The molecule has 1 aromatic carbocycles. The lowest BCUT2D eigenvalue weighted by atomic mass is 9.99. The average Bonchev–Trinajstić information content (AvgIpc) is 3.52. The predicted molar refractivity (Wildman–Crippen MR) is 116 cm³/mol. The summed E-state index contributed by atoms with van der Waals surface area (Å²) in [5, 5.41) is 7.75. The van der Waals surface area contributed by atoms with Crippen molar-refractivity contribution >= 4 is 23.2 Å². The summed E-state index contributed by atoms with van der Waals surface area (Å²) in [5.74, 6) is 1.41. The number of rotatable bonds is 8. The summed E-state index contributed by atoms with van der Waals surface area (Å²) < 4.78 is 21.0. The Labute approximate surface area is 188 Å². The number of amides is 1. The van der Waals surface area contributed by atoms with Crippen LogP contribution in [0, 0.1) is 0 Å². The van der Waals surface area contributed by atoms with Gasteiger partial charge in [-0.1, -0.05) is 5.16 Å². The monoisotopic (exact) mass is 457 g/mol. The minimum absolute atomic E-state index is 0.0539. The van der Waals surface area contributed by atoms with Gasteiger partial charge in [-0.2, -0.15) is 16.3 Å². The lowest BCUT2D eigenvalue weighted by Crippen LogP contribution is -2.38. The Balaban J connectivity index is 1.25. The van der Waals surface area contributed by atoms with Crippen LogP contribution in [0.1, 0.15) is 23.4 Å². The highest BCUT2D eigenvalue weighted by Crippen LogP contribution is 2.33. The number of aromatic nitrogens is 2. The Hall–Kier alpha value is -3.40. The molecule has 10 heteroatoms. The first-order valence-electron chi connectivity index (χ1n) is 10.1. The predicted octanol–water partition coefficient (Wildman–Crippen LogP) is 2.88. The lowest BCUT2D eigenvalue weighted by Gasteiger charge is -2.29. The quantitative estimate of drug-likeness (QED) is 0.476. The first kappa shape index (κ1) is 21.8. The van der Waals surface area contributed by atoms with Gasteiger partial charge in [-0.05, 0) is 41.1 Å². The van der Waals surface area contributed by atoms with Crippen molar-refractivity contribution in [2.45, 2.75) is 25.8 Å². The maximum Gasteiger partial charge on any atom is 0.306 e. The standard InChI is InChI=1S/C22H23N3O6S/c1-28-17-9-14-5-7-25(11-16(14)10-18(17)29-2)20(26)12-30-21(27)4-3-19-23-22(24-31-19)15-6-8-32-13-15/h6,8-10,13H,3-5,7,11-12H2,1-2H3. The number of aryl methyl sites for hydroxylation is 1. The van der Waals surface area contributed by atoms with E-state index in [1.54, 1.807) is 19.1 Å². The third-order valence-corrected chi connectivity index (χ3v) is 5.90. The molecule has 0 unspecified atom stereocenters. The summed E-state index contributed by atoms with van der Waals surface area (Å²) in [5.41, 5.74) is 2.98. The number of thiophene rings is 1. The molecular weight excluding hydrogens is 434 g/mol. The molecule has 2 aromatic heterocycles. The summed E-state index contributed by atoms with van der Waals surface area (Å²) in [6.45, 7) is 0.678. The summed E-state index contributed by atoms with van der Waals surface area (Å²) in [6.07, 6.45) is 1.00. The molecule has 0 N–H and O–H groups in total. The summed E-state index contributed by atoms with van der Waals surface area (Å²) >= 11 is 1.54. The molecule has 1 amide bonds. The normalized spacial score (nSPS) is 12.9. The van der Waals surface area contributed by atoms with Crippen LogP contribution in [0.3, 0.4) is 0 Å². The second-order valence-corrected chi connectivity index (χ2v) is 8.01. The maximum absolute atomic E-state index is 12.6. The topological polar surface area (TPSA) is 104 Å². The number of methoxy groups -OCH3 is 2. The maximum atomic E-state index is 12.6. The zero-order valence-corrected chi connectivity index (χ0v) is 18.6. The minimum atomic E-state index is -0.488. The Morgan fingerprint density at radius 2 is 1.97 bits per heavy atom. The van der Waals surface area contributed by atoms with E-state index in [1.807, 2.05) is 29.0 Å². The smallest absolute Gasteiger partial charge is 0.306 e. The van der Waals surface area contributed by atoms with Gasteiger partial charge in [0.15, 0.2) is 18.1 Å². The van der Waals surface area contributed by atoms with Gasteiger partial charge in [0, 0.05) is 30.5 Å². The molecule has 0 saturated carbocycles. The number of hydrogen-bond acceptors (Lipinski definition) is 9. The van der Waals surface area contributed by atoms with Crippen molar-refractivity contribution in [2.24, 2.45) is 0 Å². The van der Waals surface area contributed by atoms with Crippen molar-refractivity contribution in [2.75, 3.05) is 27.4 Å². The molecule has 32 heavy (non-hydrogen) atoms. The minimum Gasteiger partial charge on any atom is -0.493 e. The number of nitrogens with zero attached hydrogens (tertiary/aromatic N) is 3. The van der Waals surface area contributed by atoms with Gasteiger partial charge in [-0.3, -0.25) is 9.59 Å². The molecule has 0 bridgehead atoms. The van der Waals surface area contributed by atoms with Gasteiger partial charge < -0.3 is 23.6 Å². The highest BCUT2D eigenvalue weighted by Gasteiger charge is 2.23. The number of fused-ring (bicyclic) bond motifs is 1. The fourth-order valence-corrected chi connectivity index (χ4v) is 4.11. The zero-order valence-electron chi connectivity index (χ0n) is 17.8. The fraction of sp³-hybridized carbons (Fsp3) is 0.364. The number of ether oxygens (including phenoxy) is 3. The molecular formula is C22H23N3O6S. The van der Waals surface area contributed by atoms with Crippen molar-refractivity contribution < 1.29 is 28.3 Å². The molecule has 9 nitrogen and oxygen atoms in total. The second-order valence-electron chi connectivity index (χ2n) is 7.23. The number of hydrogen-bond donors (Lipinski definition) is 0. The molecule has 0 radical (unpaired) electrons. The van der Waals surface area contributed by atoms with Crippen LogP contribution in [-0.4, -0.2) is 54.3 Å². The van der Waals surface area contributed by atoms with Crippen LogP contribution in [-0.2, 0) is 33.7 Å². The molecule has 4 rings (SSSR count). The van der Waals surface area contributed by atoms with E-state index in [-0.39, 0.29) is 25.4 Å². The van der Waals surface area contributed by atoms with Gasteiger partial charge >= 0.3 is 5.97 Å². The zero-order chi connectivity index (χ0) is 22.5. The van der Waals surface area contributed by atoms with Crippen molar-refractivity contribution in [3.05, 3.63) is 46.0 Å². The van der Waals surface area contributed by atoms with Crippen LogP contribution < -0.4 is 9.47 Å². The molecule has 0 aliphatic carbocycles. The SMILES string of the molecule is COc1cc2c(cc1OC)CN(C(=O)COC(=O)CCc1nc(-c3ccsc3)no1)CC2. The number of carbonyl (C=O) groups excluding carboxylic acids is 2. The highest BCUT2D eigenvalue weighted by atomic mass is 32.1. The van der Waals surface area contributed by atoms with Crippen molar-refractivity contribution in [1.29, 1.82) is 0 Å². The van der Waals surface area contributed by atoms with Crippen LogP contribution in [0.2, 0.25) is 0 Å². The summed E-state index contributed by atoms with van der Waals surface area (Å²) in [7, 11) is 3.17. The van der Waals surface area contributed by atoms with Gasteiger partial charge in [0.05, 0.1) is 20.6 Å². The van der Waals surface area contributed by atoms with Crippen LogP contribution >= 0.6 is 11.3 Å². The van der Waals surface area contributed by atoms with Crippen molar-refractivity contribution in [3.63, 3.8) is 0 Å². The Kier molecular flexibility index (Phi) is 6.69. The molecule has 0 spiro atoms. The Bertz CT molecular complexity index is 1100. The van der Waals surface area contributed by atoms with Crippen LogP contribution in [0.25, 0.3) is 11.4 Å².